The maximum Gasteiger partial charge on any atom is 0.123 e. The van der Waals surface area contributed by atoms with Crippen molar-refractivity contribution in [1.29, 1.82) is 0 Å². The summed E-state index contributed by atoms with van der Waals surface area (Å²) < 4.78 is 5.81. The molecule has 84 valence electrons. The summed E-state index contributed by atoms with van der Waals surface area (Å²) in [7, 11) is 0. The summed E-state index contributed by atoms with van der Waals surface area (Å²) >= 11 is 0. The molecule has 1 heteroatoms. The molecular formula is C16H14O. The minimum atomic E-state index is 0.154. The predicted molar refractivity (Wildman–Crippen MR) is 68.4 cm³/mol. The lowest BCUT2D eigenvalue weighted by Crippen LogP contribution is -2.28. The molecular weight excluding hydrogens is 208 g/mol. The second kappa shape index (κ2) is 2.92. The van der Waals surface area contributed by atoms with Crippen LogP contribution in [0.15, 0.2) is 42.5 Å². The van der Waals surface area contributed by atoms with Crippen LogP contribution in [0.1, 0.15) is 24.5 Å². The average Bonchev–Trinajstić information content (AvgIpc) is 2.63. The first kappa shape index (κ1) is 9.29. The van der Waals surface area contributed by atoms with E-state index in [1.165, 1.54) is 22.3 Å². The summed E-state index contributed by atoms with van der Waals surface area (Å²) in [6.07, 6.45) is 1.08. The molecule has 0 radical (unpaired) electrons. The summed E-state index contributed by atoms with van der Waals surface area (Å²) in [6.45, 7) is 3.17. The van der Waals surface area contributed by atoms with Gasteiger partial charge in [0.1, 0.15) is 5.75 Å². The second-order valence-electron chi connectivity index (χ2n) is 5.15. The number of hydrogen-bond donors (Lipinski definition) is 0. The molecule has 0 saturated heterocycles. The third-order valence-electron chi connectivity index (χ3n) is 4.25. The summed E-state index contributed by atoms with van der Waals surface area (Å²) in [5.74, 6) is 1.08. The molecule has 17 heavy (non-hydrogen) atoms. The van der Waals surface area contributed by atoms with Crippen LogP contribution >= 0.6 is 0 Å². The first-order valence-corrected chi connectivity index (χ1v) is 6.17. The standard InChI is InChI=1S/C16H14O/c1-16-9-10-17-14-8-4-6-12(15(14)16)11-5-2-3-7-13(11)16/h2-8H,9-10H2,1H3. The van der Waals surface area contributed by atoms with E-state index < -0.39 is 0 Å². The van der Waals surface area contributed by atoms with Gasteiger partial charge in [0, 0.05) is 11.0 Å². The molecule has 0 N–H and O–H groups in total. The van der Waals surface area contributed by atoms with Crippen molar-refractivity contribution in [3.63, 3.8) is 0 Å². The van der Waals surface area contributed by atoms with Crippen molar-refractivity contribution < 1.29 is 4.74 Å². The van der Waals surface area contributed by atoms with E-state index in [0.29, 0.717) is 0 Å². The zero-order valence-corrected chi connectivity index (χ0v) is 9.86. The molecule has 2 aliphatic rings. The van der Waals surface area contributed by atoms with Gasteiger partial charge in [-0.15, -0.1) is 0 Å². The van der Waals surface area contributed by atoms with E-state index in [1.807, 2.05) is 0 Å². The fourth-order valence-corrected chi connectivity index (χ4v) is 3.40. The number of fused-ring (bicyclic) bond motifs is 3. The van der Waals surface area contributed by atoms with Crippen LogP contribution in [-0.4, -0.2) is 6.61 Å². The van der Waals surface area contributed by atoms with Crippen LogP contribution < -0.4 is 4.74 Å². The first-order valence-electron chi connectivity index (χ1n) is 6.17. The van der Waals surface area contributed by atoms with Crippen molar-refractivity contribution in [1.82, 2.24) is 0 Å². The second-order valence-corrected chi connectivity index (χ2v) is 5.15. The van der Waals surface area contributed by atoms with E-state index in [-0.39, 0.29) is 5.41 Å². The molecule has 2 aromatic carbocycles. The SMILES string of the molecule is CC12CCOc3cccc(c31)-c1ccccc12. The van der Waals surface area contributed by atoms with Crippen molar-refractivity contribution >= 4 is 0 Å². The Kier molecular flexibility index (Phi) is 1.60. The molecule has 1 heterocycles. The molecule has 1 aliphatic heterocycles. The summed E-state index contributed by atoms with van der Waals surface area (Å²) in [5.41, 5.74) is 5.76. The molecule has 1 nitrogen and oxygen atoms in total. The third kappa shape index (κ3) is 0.998. The maximum absolute atomic E-state index is 5.81. The van der Waals surface area contributed by atoms with Crippen LogP contribution in [0.4, 0.5) is 0 Å². The highest BCUT2D eigenvalue weighted by atomic mass is 16.5. The number of rotatable bonds is 0. The lowest BCUT2D eigenvalue weighted by molar-refractivity contribution is 0.247. The van der Waals surface area contributed by atoms with Gasteiger partial charge in [0.2, 0.25) is 0 Å². The van der Waals surface area contributed by atoms with Crippen molar-refractivity contribution in [2.75, 3.05) is 6.61 Å². The zero-order chi connectivity index (χ0) is 11.5. The smallest absolute Gasteiger partial charge is 0.123 e. The van der Waals surface area contributed by atoms with E-state index in [9.17, 15) is 0 Å². The van der Waals surface area contributed by atoms with Gasteiger partial charge in [-0.25, -0.2) is 0 Å². The van der Waals surface area contributed by atoms with Gasteiger partial charge in [-0.2, -0.15) is 0 Å². The zero-order valence-electron chi connectivity index (χ0n) is 9.86. The van der Waals surface area contributed by atoms with Crippen LogP contribution in [-0.2, 0) is 5.41 Å². The van der Waals surface area contributed by atoms with Crippen LogP contribution in [0.2, 0.25) is 0 Å². The van der Waals surface area contributed by atoms with Crippen molar-refractivity contribution in [3.05, 3.63) is 53.6 Å². The van der Waals surface area contributed by atoms with Gasteiger partial charge >= 0.3 is 0 Å². The molecule has 0 fully saturated rings. The Hall–Kier alpha value is -1.76. The number of ether oxygens (including phenoxy) is 1. The van der Waals surface area contributed by atoms with Gasteiger partial charge in [-0.05, 0) is 29.2 Å². The van der Waals surface area contributed by atoms with Crippen LogP contribution in [0, 0.1) is 0 Å². The fraction of sp³-hybridized carbons (Fsp3) is 0.250. The Morgan fingerprint density at radius 3 is 2.76 bits per heavy atom. The lowest BCUT2D eigenvalue weighted by Gasteiger charge is -2.33. The normalized spacial score (nSPS) is 23.8. The molecule has 0 bridgehead atoms. The highest BCUT2D eigenvalue weighted by molar-refractivity contribution is 5.83. The fourth-order valence-electron chi connectivity index (χ4n) is 3.40. The Bertz CT molecular complexity index is 615. The van der Waals surface area contributed by atoms with Crippen molar-refractivity contribution in [2.45, 2.75) is 18.8 Å². The summed E-state index contributed by atoms with van der Waals surface area (Å²) in [5, 5.41) is 0. The molecule has 1 unspecified atom stereocenters. The highest BCUT2D eigenvalue weighted by Crippen LogP contribution is 2.55. The number of benzene rings is 2. The number of hydrogen-bond acceptors (Lipinski definition) is 1. The molecule has 0 aromatic heterocycles. The van der Waals surface area contributed by atoms with Gasteiger partial charge in [-0.3, -0.25) is 0 Å². The van der Waals surface area contributed by atoms with E-state index in [4.69, 9.17) is 4.74 Å². The topological polar surface area (TPSA) is 9.23 Å². The lowest BCUT2D eigenvalue weighted by atomic mass is 9.76. The summed E-state index contributed by atoms with van der Waals surface area (Å²) in [6, 6.07) is 15.2. The van der Waals surface area contributed by atoms with E-state index in [0.717, 1.165) is 18.8 Å². The molecule has 0 saturated carbocycles. The minimum Gasteiger partial charge on any atom is -0.493 e. The first-order chi connectivity index (χ1) is 8.31. The Balaban J connectivity index is 2.16. The Morgan fingerprint density at radius 2 is 1.82 bits per heavy atom. The summed E-state index contributed by atoms with van der Waals surface area (Å²) in [4.78, 5) is 0. The van der Waals surface area contributed by atoms with Gasteiger partial charge in [0.25, 0.3) is 0 Å². The molecule has 0 spiro atoms. The van der Waals surface area contributed by atoms with Crippen molar-refractivity contribution in [3.8, 4) is 16.9 Å². The van der Waals surface area contributed by atoms with Crippen molar-refractivity contribution in [2.24, 2.45) is 0 Å². The van der Waals surface area contributed by atoms with E-state index in [2.05, 4.69) is 49.4 Å². The Labute approximate surface area is 101 Å². The van der Waals surface area contributed by atoms with Gasteiger partial charge in [0.05, 0.1) is 6.61 Å². The van der Waals surface area contributed by atoms with Crippen LogP contribution in [0.25, 0.3) is 11.1 Å². The highest BCUT2D eigenvalue weighted by Gasteiger charge is 2.43. The predicted octanol–water partition coefficient (Wildman–Crippen LogP) is 3.76. The van der Waals surface area contributed by atoms with Gasteiger partial charge < -0.3 is 4.74 Å². The quantitative estimate of drug-likeness (QED) is 0.659. The molecule has 1 aliphatic carbocycles. The van der Waals surface area contributed by atoms with Gasteiger partial charge in [-0.1, -0.05) is 43.3 Å². The van der Waals surface area contributed by atoms with Crippen LogP contribution in [0.3, 0.4) is 0 Å². The molecule has 2 aromatic rings. The van der Waals surface area contributed by atoms with E-state index in [1.54, 1.807) is 0 Å². The molecule has 4 rings (SSSR count). The molecule has 1 atom stereocenters. The van der Waals surface area contributed by atoms with Gasteiger partial charge in [0.15, 0.2) is 0 Å². The maximum atomic E-state index is 5.81. The van der Waals surface area contributed by atoms with Crippen LogP contribution in [0.5, 0.6) is 5.75 Å². The largest absolute Gasteiger partial charge is 0.493 e. The minimum absolute atomic E-state index is 0.154. The monoisotopic (exact) mass is 222 g/mol. The average molecular weight is 222 g/mol. The molecule has 0 amide bonds. The Morgan fingerprint density at radius 1 is 1.00 bits per heavy atom. The third-order valence-corrected chi connectivity index (χ3v) is 4.25. The van der Waals surface area contributed by atoms with E-state index >= 15 is 0 Å².